The summed E-state index contributed by atoms with van der Waals surface area (Å²) in [4.78, 5) is 65.4. The van der Waals surface area contributed by atoms with Gasteiger partial charge in [0, 0.05) is 29.9 Å². The molecule has 0 radical (unpaired) electrons. The Kier molecular flexibility index (Phi) is 13.8. The number of fused-ring (bicyclic) bond motifs is 1. The van der Waals surface area contributed by atoms with Gasteiger partial charge in [-0.3, -0.25) is 19.2 Å². The van der Waals surface area contributed by atoms with E-state index in [0.29, 0.717) is 11.5 Å². The lowest BCUT2D eigenvalue weighted by Gasteiger charge is -2.25. The number of amides is 4. The molecule has 4 atom stereocenters. The average Bonchev–Trinajstić information content (AvgIpc) is 3.33. The Balaban J connectivity index is 2.27. The van der Waals surface area contributed by atoms with Crippen LogP contribution in [0.2, 0.25) is 0 Å². The number of nitrogens with one attached hydrogen (secondary N) is 4. The first-order valence-electron chi connectivity index (χ1n) is 12.8. The van der Waals surface area contributed by atoms with Crippen molar-refractivity contribution in [1.82, 2.24) is 20.9 Å². The molecule has 0 aliphatic rings. The summed E-state index contributed by atoms with van der Waals surface area (Å²) in [7, 11) is 0. The van der Waals surface area contributed by atoms with Crippen molar-refractivity contribution < 1.29 is 29.1 Å². The second-order valence-electron chi connectivity index (χ2n) is 9.26. The van der Waals surface area contributed by atoms with Crippen molar-refractivity contribution in [2.75, 3.05) is 24.0 Å². The van der Waals surface area contributed by atoms with E-state index in [4.69, 9.17) is 11.5 Å². The fraction of sp³-hybridized carbons (Fsp3) is 0.500. The Labute approximate surface area is 241 Å². The van der Waals surface area contributed by atoms with Gasteiger partial charge in [0.2, 0.25) is 23.6 Å². The average molecular weight is 595 g/mol. The number of para-hydroxylation sites is 1. The predicted molar refractivity (Wildman–Crippen MR) is 158 cm³/mol. The first-order valence-corrected chi connectivity index (χ1v) is 15.6. The number of hydrogen-bond donors (Lipinski definition) is 7. The van der Waals surface area contributed by atoms with E-state index in [1.165, 1.54) is 23.5 Å². The number of rotatable bonds is 18. The van der Waals surface area contributed by atoms with Crippen molar-refractivity contribution in [2.45, 2.75) is 56.3 Å². The van der Waals surface area contributed by atoms with Gasteiger partial charge < -0.3 is 37.5 Å². The highest BCUT2D eigenvalue weighted by Gasteiger charge is 2.30. The van der Waals surface area contributed by atoms with Crippen LogP contribution in [-0.2, 0) is 30.4 Å². The van der Waals surface area contributed by atoms with Crippen LogP contribution >= 0.6 is 23.5 Å². The Morgan fingerprint density at radius 1 is 0.875 bits per heavy atom. The molecule has 9 N–H and O–H groups in total. The molecule has 40 heavy (non-hydrogen) atoms. The highest BCUT2D eigenvalue weighted by atomic mass is 32.2. The molecule has 4 amide bonds. The van der Waals surface area contributed by atoms with Crippen LogP contribution in [-0.4, -0.2) is 87.9 Å². The van der Waals surface area contributed by atoms with Crippen LogP contribution in [0.3, 0.4) is 0 Å². The first-order chi connectivity index (χ1) is 19.1. The van der Waals surface area contributed by atoms with Crippen LogP contribution < -0.4 is 27.4 Å². The van der Waals surface area contributed by atoms with Gasteiger partial charge in [0.25, 0.3) is 0 Å². The molecule has 1 heterocycles. The summed E-state index contributed by atoms with van der Waals surface area (Å²) in [5.41, 5.74) is 12.7. The van der Waals surface area contributed by atoms with Crippen molar-refractivity contribution in [3.8, 4) is 0 Å². The predicted octanol–water partition coefficient (Wildman–Crippen LogP) is 0.348. The number of aromatic amines is 1. The fourth-order valence-corrected chi connectivity index (χ4v) is 4.92. The molecule has 0 saturated heterocycles. The van der Waals surface area contributed by atoms with E-state index in [-0.39, 0.29) is 32.1 Å². The van der Waals surface area contributed by atoms with E-state index in [2.05, 4.69) is 20.9 Å². The van der Waals surface area contributed by atoms with E-state index in [1.807, 2.05) is 36.8 Å². The summed E-state index contributed by atoms with van der Waals surface area (Å²) in [6.07, 6.45) is 5.91. The zero-order valence-electron chi connectivity index (χ0n) is 22.6. The number of carboxylic acids is 1. The normalized spacial score (nSPS) is 14.1. The van der Waals surface area contributed by atoms with E-state index in [1.54, 1.807) is 6.20 Å². The number of nitrogens with two attached hydrogens (primary N) is 2. The minimum Gasteiger partial charge on any atom is -0.480 e. The summed E-state index contributed by atoms with van der Waals surface area (Å²) in [6.45, 7) is 0. The number of hydrogen-bond acceptors (Lipinski definition) is 8. The standard InChI is InChI=1S/C26H38N6O6S2/c1-39-11-9-19(24(35)31-20(26(37)38)10-12-40-2)30-25(36)21(32-23(34)17(27)7-8-22(28)33)13-15-14-29-18-6-4-3-5-16(15)18/h3-6,14,17,19-21,29H,7-13,27H2,1-2H3,(H2,28,33)(H,30,36)(H,31,35)(H,32,34)(H,37,38). The minimum atomic E-state index is -1.16. The number of aromatic nitrogens is 1. The van der Waals surface area contributed by atoms with Crippen LogP contribution in [0.15, 0.2) is 30.5 Å². The van der Waals surface area contributed by atoms with Gasteiger partial charge in [0.05, 0.1) is 6.04 Å². The number of H-pyrrole nitrogens is 1. The molecule has 220 valence electrons. The number of carbonyl (C=O) groups excluding carboxylic acids is 4. The number of primary amides is 1. The van der Waals surface area contributed by atoms with Crippen molar-refractivity contribution >= 4 is 64.0 Å². The molecule has 0 bridgehead atoms. The van der Waals surface area contributed by atoms with Gasteiger partial charge >= 0.3 is 5.97 Å². The number of aliphatic carboxylic acids is 1. The van der Waals surface area contributed by atoms with E-state index < -0.39 is 53.8 Å². The Morgan fingerprint density at radius 2 is 1.45 bits per heavy atom. The largest absolute Gasteiger partial charge is 0.480 e. The lowest BCUT2D eigenvalue weighted by molar-refractivity contribution is -0.142. The number of benzene rings is 1. The molecular formula is C26H38N6O6S2. The maximum atomic E-state index is 13.5. The molecule has 0 saturated carbocycles. The second-order valence-corrected chi connectivity index (χ2v) is 11.2. The molecule has 0 aliphatic carbocycles. The van der Waals surface area contributed by atoms with Crippen LogP contribution in [0.4, 0.5) is 0 Å². The van der Waals surface area contributed by atoms with Crippen LogP contribution in [0.1, 0.15) is 31.2 Å². The zero-order chi connectivity index (χ0) is 29.7. The molecule has 0 aliphatic heterocycles. The van der Waals surface area contributed by atoms with Crippen LogP contribution in [0, 0.1) is 0 Å². The molecule has 0 fully saturated rings. The first kappa shape index (κ1) is 33.0. The Morgan fingerprint density at radius 3 is 2.08 bits per heavy atom. The van der Waals surface area contributed by atoms with Gasteiger partial charge in [-0.25, -0.2) is 4.79 Å². The van der Waals surface area contributed by atoms with Gasteiger partial charge in [-0.15, -0.1) is 0 Å². The molecule has 4 unspecified atom stereocenters. The quantitative estimate of drug-likeness (QED) is 0.127. The van der Waals surface area contributed by atoms with Crippen LogP contribution in [0.5, 0.6) is 0 Å². The number of carbonyl (C=O) groups is 5. The topological polar surface area (TPSA) is 210 Å². The SMILES string of the molecule is CSCCC(NC(=O)C(CCSC)NC(=O)C(Cc1c[nH]c2ccccc12)NC(=O)C(N)CCC(N)=O)C(=O)O. The fourth-order valence-electron chi connectivity index (χ4n) is 3.98. The van der Waals surface area contributed by atoms with E-state index in [0.717, 1.165) is 16.5 Å². The molecule has 2 aromatic rings. The van der Waals surface area contributed by atoms with Gasteiger partial charge in [0.15, 0.2) is 0 Å². The number of thioether (sulfide) groups is 2. The van der Waals surface area contributed by atoms with Crippen molar-refractivity contribution in [1.29, 1.82) is 0 Å². The van der Waals surface area contributed by atoms with Gasteiger partial charge in [0.1, 0.15) is 18.1 Å². The summed E-state index contributed by atoms with van der Waals surface area (Å²) in [5.74, 6) is -2.59. The van der Waals surface area contributed by atoms with Crippen molar-refractivity contribution in [2.24, 2.45) is 11.5 Å². The highest BCUT2D eigenvalue weighted by Crippen LogP contribution is 2.19. The van der Waals surface area contributed by atoms with Crippen molar-refractivity contribution in [3.63, 3.8) is 0 Å². The smallest absolute Gasteiger partial charge is 0.326 e. The molecule has 1 aromatic carbocycles. The maximum Gasteiger partial charge on any atom is 0.326 e. The summed E-state index contributed by atoms with van der Waals surface area (Å²) >= 11 is 2.93. The van der Waals surface area contributed by atoms with Gasteiger partial charge in [-0.2, -0.15) is 23.5 Å². The summed E-state index contributed by atoms with van der Waals surface area (Å²) in [5, 5.41) is 18.3. The Bertz CT molecular complexity index is 1180. The molecule has 1 aromatic heterocycles. The summed E-state index contributed by atoms with van der Waals surface area (Å²) < 4.78 is 0. The Hall–Kier alpha value is -3.23. The highest BCUT2D eigenvalue weighted by molar-refractivity contribution is 7.98. The molecular weight excluding hydrogens is 556 g/mol. The molecule has 12 nitrogen and oxygen atoms in total. The van der Waals surface area contributed by atoms with E-state index in [9.17, 15) is 29.1 Å². The minimum absolute atomic E-state index is 0.00790. The molecule has 14 heteroatoms. The zero-order valence-corrected chi connectivity index (χ0v) is 24.2. The number of carboxylic acid groups (broad SMARTS) is 1. The summed E-state index contributed by atoms with van der Waals surface area (Å²) in [6, 6.07) is 3.17. The molecule has 2 rings (SSSR count). The third-order valence-corrected chi connectivity index (χ3v) is 7.53. The lowest BCUT2D eigenvalue weighted by atomic mass is 10.0. The molecule has 0 spiro atoms. The van der Waals surface area contributed by atoms with Crippen molar-refractivity contribution in [3.05, 3.63) is 36.0 Å². The lowest BCUT2D eigenvalue weighted by Crippen LogP contribution is -2.57. The maximum absolute atomic E-state index is 13.5. The van der Waals surface area contributed by atoms with Gasteiger partial charge in [-0.1, -0.05) is 18.2 Å². The third-order valence-electron chi connectivity index (χ3n) is 6.24. The van der Waals surface area contributed by atoms with Gasteiger partial charge in [-0.05, 0) is 54.9 Å². The van der Waals surface area contributed by atoms with E-state index >= 15 is 0 Å². The monoisotopic (exact) mass is 594 g/mol. The second kappa shape index (κ2) is 16.8. The van der Waals surface area contributed by atoms with Crippen LogP contribution in [0.25, 0.3) is 10.9 Å². The third kappa shape index (κ3) is 10.4.